The standard InChI is InChI=1S/C78H147N2O6P/c1-6-8-10-12-14-16-18-20-22-24-26-28-30-32-34-36-38-40-42-44-46-48-50-52-54-56-58-60-62-64-66-68-70-72-78(82)79-76(75-86-87(83,84)85-74-73-80(3,4)5)77(81)71-69-67-65-63-61-59-57-55-53-51-49-47-45-43-41-39-37-35-33-31-29-27-25-23-21-19-17-15-13-11-9-7-2/h18,20,24,26,30,32,53,55,61,63,69,71,76-77,81H,6-17,19,21-23,25,27-29,31,33-52,54,56-60,62,64-68,70,72-75H2,1-5H3,(H-,79,82,83,84)/b20-18-,26-24-,32-30-,55-53+,63-61+,71-69+. The summed E-state index contributed by atoms with van der Waals surface area (Å²) in [6.07, 6.45) is 96.3. The topological polar surface area (TPSA) is 108 Å². The lowest BCUT2D eigenvalue weighted by molar-refractivity contribution is -0.870. The van der Waals surface area contributed by atoms with Crippen molar-refractivity contribution in [3.8, 4) is 0 Å². The molecule has 0 rings (SSSR count). The molecule has 3 unspecified atom stereocenters. The maximum Gasteiger partial charge on any atom is 0.268 e. The molecule has 0 aliphatic carbocycles. The maximum atomic E-state index is 13.1. The van der Waals surface area contributed by atoms with Gasteiger partial charge in [-0.1, -0.05) is 350 Å². The summed E-state index contributed by atoms with van der Waals surface area (Å²) in [6.45, 7) is 4.65. The van der Waals surface area contributed by atoms with Gasteiger partial charge in [0, 0.05) is 6.42 Å². The number of phosphoric acid groups is 1. The minimum atomic E-state index is -4.62. The Morgan fingerprint density at radius 2 is 0.678 bits per heavy atom. The second-order valence-electron chi connectivity index (χ2n) is 27.0. The van der Waals surface area contributed by atoms with Crippen molar-refractivity contribution in [2.24, 2.45) is 0 Å². The molecule has 0 aliphatic rings. The third kappa shape index (κ3) is 71.2. The highest BCUT2D eigenvalue weighted by Gasteiger charge is 2.23. The van der Waals surface area contributed by atoms with E-state index in [4.69, 9.17) is 9.05 Å². The zero-order valence-corrected chi connectivity index (χ0v) is 59.4. The number of aliphatic hydroxyl groups excluding tert-OH is 1. The molecule has 2 N–H and O–H groups in total. The number of hydrogen-bond donors (Lipinski definition) is 2. The highest BCUT2D eigenvalue weighted by Crippen LogP contribution is 2.38. The molecule has 0 aromatic heterocycles. The van der Waals surface area contributed by atoms with Gasteiger partial charge >= 0.3 is 0 Å². The molecule has 0 bridgehead atoms. The smallest absolute Gasteiger partial charge is 0.268 e. The van der Waals surface area contributed by atoms with Crippen LogP contribution in [0.2, 0.25) is 0 Å². The number of rotatable bonds is 70. The molecule has 0 spiro atoms. The average molecular weight is 1240 g/mol. The van der Waals surface area contributed by atoms with Crippen LogP contribution in [0, 0.1) is 0 Å². The van der Waals surface area contributed by atoms with Crippen LogP contribution in [-0.2, 0) is 18.4 Å². The molecule has 0 saturated heterocycles. The van der Waals surface area contributed by atoms with Gasteiger partial charge in [0.05, 0.1) is 39.9 Å². The predicted molar refractivity (Wildman–Crippen MR) is 380 cm³/mol. The summed E-state index contributed by atoms with van der Waals surface area (Å²) in [5.41, 5.74) is 0. The van der Waals surface area contributed by atoms with Gasteiger partial charge in [-0.3, -0.25) is 9.36 Å². The molecule has 0 heterocycles. The van der Waals surface area contributed by atoms with Crippen molar-refractivity contribution < 1.29 is 32.9 Å². The van der Waals surface area contributed by atoms with E-state index in [1.54, 1.807) is 6.08 Å². The van der Waals surface area contributed by atoms with E-state index in [9.17, 15) is 19.4 Å². The summed E-state index contributed by atoms with van der Waals surface area (Å²) >= 11 is 0. The third-order valence-corrected chi connectivity index (χ3v) is 18.1. The number of amides is 1. The first-order valence-electron chi connectivity index (χ1n) is 37.8. The van der Waals surface area contributed by atoms with Crippen molar-refractivity contribution in [2.75, 3.05) is 40.9 Å². The van der Waals surface area contributed by atoms with E-state index in [1.165, 1.54) is 289 Å². The zero-order valence-electron chi connectivity index (χ0n) is 58.5. The molecule has 0 radical (unpaired) electrons. The quantitative estimate of drug-likeness (QED) is 0.0272. The number of phosphoric ester groups is 1. The Balaban J connectivity index is 4.07. The number of carbonyl (C=O) groups is 1. The molecular weight excluding hydrogens is 1090 g/mol. The molecule has 510 valence electrons. The molecule has 0 saturated carbocycles. The second kappa shape index (κ2) is 68.3. The first-order valence-corrected chi connectivity index (χ1v) is 39.3. The highest BCUT2D eigenvalue weighted by molar-refractivity contribution is 7.45. The number of carbonyl (C=O) groups excluding carboxylic acids is 1. The van der Waals surface area contributed by atoms with Gasteiger partial charge in [0.2, 0.25) is 5.91 Å². The average Bonchev–Trinajstić information content (AvgIpc) is 3.71. The third-order valence-electron chi connectivity index (χ3n) is 17.1. The van der Waals surface area contributed by atoms with Gasteiger partial charge in [0.1, 0.15) is 13.2 Å². The lowest BCUT2D eigenvalue weighted by atomic mass is 10.0. The molecule has 3 atom stereocenters. The van der Waals surface area contributed by atoms with Crippen LogP contribution >= 0.6 is 7.82 Å². The first kappa shape index (κ1) is 84.9. The van der Waals surface area contributed by atoms with Crippen LogP contribution in [0.3, 0.4) is 0 Å². The maximum absolute atomic E-state index is 13.1. The van der Waals surface area contributed by atoms with Crippen LogP contribution in [0.15, 0.2) is 72.9 Å². The number of aliphatic hydroxyl groups is 1. The van der Waals surface area contributed by atoms with Gasteiger partial charge in [-0.05, 0) is 83.5 Å². The van der Waals surface area contributed by atoms with E-state index in [2.05, 4.69) is 79.9 Å². The molecule has 0 fully saturated rings. The number of nitrogens with zero attached hydrogens (tertiary/aromatic N) is 1. The molecule has 8 nitrogen and oxygen atoms in total. The lowest BCUT2D eigenvalue weighted by Crippen LogP contribution is -2.45. The summed E-state index contributed by atoms with van der Waals surface area (Å²) < 4.78 is 23.5. The first-order chi connectivity index (χ1) is 42.5. The predicted octanol–water partition coefficient (Wildman–Crippen LogP) is 23.9. The Morgan fingerprint density at radius 1 is 0.402 bits per heavy atom. The summed E-state index contributed by atoms with van der Waals surface area (Å²) in [4.78, 5) is 25.7. The Hall–Kier alpha value is -2.06. The molecule has 87 heavy (non-hydrogen) atoms. The number of nitrogens with one attached hydrogen (secondary N) is 1. The van der Waals surface area contributed by atoms with E-state index < -0.39 is 26.6 Å². The van der Waals surface area contributed by atoms with Gasteiger partial charge in [-0.15, -0.1) is 0 Å². The van der Waals surface area contributed by atoms with Crippen molar-refractivity contribution in [3.63, 3.8) is 0 Å². The van der Waals surface area contributed by atoms with Crippen molar-refractivity contribution in [1.29, 1.82) is 0 Å². The van der Waals surface area contributed by atoms with Gasteiger partial charge in [-0.25, -0.2) is 0 Å². The Morgan fingerprint density at radius 3 is 1.01 bits per heavy atom. The SMILES string of the molecule is CCCCCCC/C=C\C/C=C\C/C=C\CCCCCCCCCCCCCCCCCCCCC(=O)NC(COP(=O)([O-])OCC[N+](C)(C)C)C(O)/C=C/CC/C=C/CC/C=C/CCCCCCCCCCCCCCCCCCCCCCCC. The Bertz CT molecular complexity index is 1650. The van der Waals surface area contributed by atoms with Crippen molar-refractivity contribution >= 4 is 13.7 Å². The van der Waals surface area contributed by atoms with Crippen LogP contribution in [0.1, 0.15) is 367 Å². The molecule has 1 amide bonds. The molecule has 0 aliphatic heterocycles. The fraction of sp³-hybridized carbons (Fsp3) is 0.833. The van der Waals surface area contributed by atoms with E-state index in [1.807, 2.05) is 27.2 Å². The largest absolute Gasteiger partial charge is 0.756 e. The van der Waals surface area contributed by atoms with Gasteiger partial charge in [0.25, 0.3) is 7.82 Å². The van der Waals surface area contributed by atoms with Crippen LogP contribution in [0.25, 0.3) is 0 Å². The molecule has 0 aromatic rings. The summed E-state index contributed by atoms with van der Waals surface area (Å²) in [5, 5.41) is 14.0. The number of likely N-dealkylation sites (N-methyl/N-ethyl adjacent to an activating group) is 1. The number of unbranched alkanes of at least 4 members (excludes halogenated alkanes) is 47. The zero-order chi connectivity index (χ0) is 63.4. The van der Waals surface area contributed by atoms with E-state index >= 15 is 0 Å². The summed E-state index contributed by atoms with van der Waals surface area (Å²) in [6, 6.07) is -0.914. The van der Waals surface area contributed by atoms with Crippen molar-refractivity contribution in [3.05, 3.63) is 72.9 Å². The fourth-order valence-corrected chi connectivity index (χ4v) is 12.0. The Labute approximate surface area is 542 Å². The normalized spacial score (nSPS) is 14.0. The molecule has 0 aromatic carbocycles. The summed E-state index contributed by atoms with van der Waals surface area (Å²) in [7, 11) is 1.24. The van der Waals surface area contributed by atoms with E-state index in [0.717, 1.165) is 57.8 Å². The second-order valence-corrected chi connectivity index (χ2v) is 28.4. The molecular formula is C78H147N2O6P. The van der Waals surface area contributed by atoms with Crippen LogP contribution in [0.4, 0.5) is 0 Å². The summed E-state index contributed by atoms with van der Waals surface area (Å²) in [5.74, 6) is -0.207. The minimum Gasteiger partial charge on any atom is -0.756 e. The van der Waals surface area contributed by atoms with E-state index in [-0.39, 0.29) is 12.5 Å². The monoisotopic (exact) mass is 1240 g/mol. The lowest BCUT2D eigenvalue weighted by Gasteiger charge is -2.29. The number of quaternary nitrogens is 1. The van der Waals surface area contributed by atoms with Gasteiger partial charge < -0.3 is 28.8 Å². The van der Waals surface area contributed by atoms with E-state index in [0.29, 0.717) is 17.4 Å². The number of allylic oxidation sites excluding steroid dienone is 11. The van der Waals surface area contributed by atoms with Gasteiger partial charge in [0.15, 0.2) is 0 Å². The number of hydrogen-bond acceptors (Lipinski definition) is 6. The van der Waals surface area contributed by atoms with Crippen molar-refractivity contribution in [2.45, 2.75) is 379 Å². The van der Waals surface area contributed by atoms with Crippen LogP contribution in [0.5, 0.6) is 0 Å². The molecule has 9 heteroatoms. The highest BCUT2D eigenvalue weighted by atomic mass is 31.2. The minimum absolute atomic E-state index is 0.00984. The fourth-order valence-electron chi connectivity index (χ4n) is 11.3. The van der Waals surface area contributed by atoms with Crippen molar-refractivity contribution in [1.82, 2.24) is 5.32 Å². The van der Waals surface area contributed by atoms with Crippen LogP contribution < -0.4 is 10.2 Å². The van der Waals surface area contributed by atoms with Crippen LogP contribution in [-0.4, -0.2) is 68.5 Å². The Kier molecular flexibility index (Phi) is 66.7. The van der Waals surface area contributed by atoms with Gasteiger partial charge in [-0.2, -0.15) is 0 Å².